The molecule has 24 heavy (non-hydrogen) atoms. The Morgan fingerprint density at radius 1 is 1.29 bits per heavy atom. The third-order valence-electron chi connectivity index (χ3n) is 3.81. The first kappa shape index (κ1) is 19.0. The van der Waals surface area contributed by atoms with Gasteiger partial charge in [-0.2, -0.15) is 17.5 Å². The third kappa shape index (κ3) is 4.01. The van der Waals surface area contributed by atoms with Crippen LogP contribution in [0.1, 0.15) is 18.9 Å². The van der Waals surface area contributed by atoms with Crippen LogP contribution in [0.4, 0.5) is 13.2 Å². The lowest BCUT2D eigenvalue weighted by molar-refractivity contribution is -0.143. The second-order valence-corrected chi connectivity index (χ2v) is 8.25. The molecular weight excluding hydrogens is 371 g/mol. The Morgan fingerprint density at radius 3 is 2.46 bits per heavy atom. The molecule has 0 radical (unpaired) electrons. The minimum absolute atomic E-state index is 0.0416. The van der Waals surface area contributed by atoms with Gasteiger partial charge in [0.2, 0.25) is 10.0 Å². The smallest absolute Gasteiger partial charge is 0.416 e. The standard InChI is InChI=1S/C14H15ClF3NO4S/c1-8-2-9(13(20)21)7-19(6-8)24(22,23)12-4-10(14(16,17)18)3-11(15)5-12/h3-5,8-9H,2,6-7H2,1H3,(H,20,21). The Kier molecular flexibility index (Phi) is 5.17. The van der Waals surface area contributed by atoms with Crippen LogP contribution in [0.3, 0.4) is 0 Å². The number of sulfonamides is 1. The van der Waals surface area contributed by atoms with Gasteiger partial charge in [-0.3, -0.25) is 4.79 Å². The summed E-state index contributed by atoms with van der Waals surface area (Å²) in [4.78, 5) is 10.6. The van der Waals surface area contributed by atoms with Gasteiger partial charge in [0.05, 0.1) is 16.4 Å². The van der Waals surface area contributed by atoms with E-state index in [-0.39, 0.29) is 24.0 Å². The van der Waals surface area contributed by atoms with E-state index in [0.29, 0.717) is 18.6 Å². The zero-order chi connectivity index (χ0) is 18.3. The number of benzene rings is 1. The predicted molar refractivity (Wildman–Crippen MR) is 80.1 cm³/mol. The number of alkyl halides is 3. The topological polar surface area (TPSA) is 74.7 Å². The second-order valence-electron chi connectivity index (χ2n) is 5.87. The molecule has 0 aromatic heterocycles. The van der Waals surface area contributed by atoms with Crippen LogP contribution in [0.2, 0.25) is 5.02 Å². The van der Waals surface area contributed by atoms with E-state index in [0.717, 1.165) is 10.4 Å². The van der Waals surface area contributed by atoms with Crippen molar-refractivity contribution < 1.29 is 31.5 Å². The number of nitrogens with zero attached hydrogens (tertiary/aromatic N) is 1. The Balaban J connectivity index is 2.43. The highest BCUT2D eigenvalue weighted by Gasteiger charge is 2.38. The summed E-state index contributed by atoms with van der Waals surface area (Å²) in [5, 5.41) is 8.76. The Bertz CT molecular complexity index is 751. The second kappa shape index (κ2) is 6.53. The minimum Gasteiger partial charge on any atom is -0.481 e. The molecule has 1 aromatic rings. The molecule has 1 heterocycles. The number of carboxylic acid groups (broad SMARTS) is 1. The van der Waals surface area contributed by atoms with E-state index >= 15 is 0 Å². The fourth-order valence-corrected chi connectivity index (χ4v) is 4.68. The largest absolute Gasteiger partial charge is 0.481 e. The van der Waals surface area contributed by atoms with Crippen LogP contribution in [0, 0.1) is 11.8 Å². The van der Waals surface area contributed by atoms with Crippen molar-refractivity contribution in [3.8, 4) is 0 Å². The SMILES string of the molecule is CC1CC(C(=O)O)CN(S(=O)(=O)c2cc(Cl)cc(C(F)(F)F)c2)C1. The van der Waals surface area contributed by atoms with E-state index < -0.39 is 38.5 Å². The molecule has 1 fully saturated rings. The Morgan fingerprint density at radius 2 is 1.92 bits per heavy atom. The molecule has 0 spiro atoms. The van der Waals surface area contributed by atoms with Crippen LogP contribution in [-0.4, -0.2) is 36.9 Å². The van der Waals surface area contributed by atoms with Crippen LogP contribution in [0.15, 0.2) is 23.1 Å². The summed E-state index contributed by atoms with van der Waals surface area (Å²) in [5.41, 5.74) is -1.17. The zero-order valence-corrected chi connectivity index (χ0v) is 14.1. The van der Waals surface area contributed by atoms with E-state index in [1.165, 1.54) is 0 Å². The van der Waals surface area contributed by atoms with Crippen LogP contribution >= 0.6 is 11.6 Å². The lowest BCUT2D eigenvalue weighted by Gasteiger charge is -2.33. The number of carboxylic acids is 1. The van der Waals surface area contributed by atoms with Gasteiger partial charge in [-0.15, -0.1) is 0 Å². The van der Waals surface area contributed by atoms with Crippen LogP contribution in [0.5, 0.6) is 0 Å². The summed E-state index contributed by atoms with van der Waals surface area (Å²) in [6, 6.07) is 2.08. The fourth-order valence-electron chi connectivity index (χ4n) is 2.70. The van der Waals surface area contributed by atoms with Crippen molar-refractivity contribution in [2.45, 2.75) is 24.4 Å². The fraction of sp³-hybridized carbons (Fsp3) is 0.500. The number of rotatable bonds is 3. The third-order valence-corrected chi connectivity index (χ3v) is 5.84. The molecule has 1 N–H and O–H groups in total. The quantitative estimate of drug-likeness (QED) is 0.867. The maximum atomic E-state index is 12.9. The molecule has 1 aliphatic rings. The van der Waals surface area contributed by atoms with E-state index in [1.54, 1.807) is 6.92 Å². The van der Waals surface area contributed by atoms with Crippen molar-refractivity contribution >= 4 is 27.6 Å². The summed E-state index contributed by atoms with van der Waals surface area (Å²) in [6.07, 6.45) is -4.43. The Hall–Kier alpha value is -1.32. The molecule has 5 nitrogen and oxygen atoms in total. The summed E-state index contributed by atoms with van der Waals surface area (Å²) in [6.45, 7) is 1.45. The van der Waals surface area contributed by atoms with Gasteiger partial charge in [-0.25, -0.2) is 8.42 Å². The number of hydrogen-bond donors (Lipinski definition) is 1. The maximum Gasteiger partial charge on any atom is 0.416 e. The maximum absolute atomic E-state index is 12.9. The number of aliphatic carboxylic acids is 1. The molecule has 1 saturated heterocycles. The summed E-state index contributed by atoms with van der Waals surface area (Å²) in [5.74, 6) is -2.26. The van der Waals surface area contributed by atoms with Gasteiger partial charge in [0.15, 0.2) is 0 Å². The van der Waals surface area contributed by atoms with Gasteiger partial charge in [0.25, 0.3) is 0 Å². The van der Waals surface area contributed by atoms with Gasteiger partial charge < -0.3 is 5.11 Å². The predicted octanol–water partition coefficient (Wildman–Crippen LogP) is 3.09. The number of piperidine rings is 1. The minimum atomic E-state index is -4.74. The van der Waals surface area contributed by atoms with Crippen molar-refractivity contribution in [3.05, 3.63) is 28.8 Å². The monoisotopic (exact) mass is 385 g/mol. The summed E-state index contributed by atoms with van der Waals surface area (Å²) < 4.78 is 64.8. The van der Waals surface area contributed by atoms with E-state index in [2.05, 4.69) is 0 Å². The van der Waals surface area contributed by atoms with Crippen LogP contribution < -0.4 is 0 Å². The molecule has 0 aliphatic carbocycles. The molecule has 0 amide bonds. The number of halogens is 4. The molecule has 1 aromatic carbocycles. The van der Waals surface area contributed by atoms with E-state index in [4.69, 9.17) is 16.7 Å². The highest BCUT2D eigenvalue weighted by molar-refractivity contribution is 7.89. The highest BCUT2D eigenvalue weighted by Crippen LogP contribution is 2.34. The van der Waals surface area contributed by atoms with Gasteiger partial charge in [-0.1, -0.05) is 18.5 Å². The molecule has 0 saturated carbocycles. The molecule has 2 unspecified atom stereocenters. The van der Waals surface area contributed by atoms with Crippen LogP contribution in [0.25, 0.3) is 0 Å². The molecular formula is C14H15ClF3NO4S. The first-order valence-electron chi connectivity index (χ1n) is 7.02. The van der Waals surface area contributed by atoms with Gasteiger partial charge in [-0.05, 0) is 30.5 Å². The number of carbonyl (C=O) groups is 1. The normalized spacial score (nSPS) is 23.2. The number of hydrogen-bond acceptors (Lipinski definition) is 3. The molecule has 134 valence electrons. The molecule has 1 aliphatic heterocycles. The van der Waals surface area contributed by atoms with Gasteiger partial charge in [0.1, 0.15) is 0 Å². The average molecular weight is 386 g/mol. The van der Waals surface area contributed by atoms with Crippen LogP contribution in [-0.2, 0) is 21.0 Å². The van der Waals surface area contributed by atoms with Crippen molar-refractivity contribution in [2.24, 2.45) is 11.8 Å². The molecule has 10 heteroatoms. The average Bonchev–Trinajstić information content (AvgIpc) is 2.45. The van der Waals surface area contributed by atoms with E-state index in [9.17, 15) is 26.4 Å². The molecule has 0 bridgehead atoms. The first-order valence-corrected chi connectivity index (χ1v) is 8.84. The molecule has 2 atom stereocenters. The van der Waals surface area contributed by atoms with E-state index in [1.807, 2.05) is 0 Å². The first-order chi connectivity index (χ1) is 10.9. The van der Waals surface area contributed by atoms with Gasteiger partial charge in [0, 0.05) is 18.1 Å². The Labute approximate surface area is 142 Å². The highest BCUT2D eigenvalue weighted by atomic mass is 35.5. The summed E-state index contributed by atoms with van der Waals surface area (Å²) in [7, 11) is -4.28. The summed E-state index contributed by atoms with van der Waals surface area (Å²) >= 11 is 5.63. The molecule has 2 rings (SSSR count). The van der Waals surface area contributed by atoms with Crippen molar-refractivity contribution in [1.29, 1.82) is 0 Å². The van der Waals surface area contributed by atoms with Crippen molar-refractivity contribution in [1.82, 2.24) is 4.31 Å². The van der Waals surface area contributed by atoms with Crippen molar-refractivity contribution in [3.63, 3.8) is 0 Å². The van der Waals surface area contributed by atoms with Crippen molar-refractivity contribution in [2.75, 3.05) is 13.1 Å². The zero-order valence-electron chi connectivity index (χ0n) is 12.5. The lowest BCUT2D eigenvalue weighted by Crippen LogP contribution is -2.45. The lowest BCUT2D eigenvalue weighted by atomic mass is 9.92. The van der Waals surface area contributed by atoms with Gasteiger partial charge >= 0.3 is 12.1 Å².